The highest BCUT2D eigenvalue weighted by atomic mass is 35.5. The van der Waals surface area contributed by atoms with Gasteiger partial charge in [-0.2, -0.15) is 0 Å². The molecule has 1 unspecified atom stereocenters. The summed E-state index contributed by atoms with van der Waals surface area (Å²) in [6.07, 6.45) is 4.23. The van der Waals surface area contributed by atoms with Gasteiger partial charge in [0.2, 0.25) is 0 Å². The summed E-state index contributed by atoms with van der Waals surface area (Å²) in [6, 6.07) is 6.11. The van der Waals surface area contributed by atoms with E-state index in [0.29, 0.717) is 5.92 Å². The number of fused-ring (bicyclic) bond motifs is 1. The van der Waals surface area contributed by atoms with E-state index in [1.165, 1.54) is 11.1 Å². The molecule has 0 bridgehead atoms. The minimum atomic E-state index is -0.222. The van der Waals surface area contributed by atoms with E-state index in [1.54, 1.807) is 0 Å². The van der Waals surface area contributed by atoms with Gasteiger partial charge in [0, 0.05) is 10.4 Å². The molecule has 0 radical (unpaired) electrons. The van der Waals surface area contributed by atoms with Crippen LogP contribution in [0.4, 0.5) is 0 Å². The minimum Gasteiger partial charge on any atom is -0.303 e. The molecule has 0 fully saturated rings. The summed E-state index contributed by atoms with van der Waals surface area (Å²) in [6.45, 7) is 4.06. The number of benzene rings is 1. The number of hydrogen-bond donors (Lipinski definition) is 0. The predicted octanol–water partition coefficient (Wildman–Crippen LogP) is 3.67. The molecule has 0 heterocycles. The highest BCUT2D eigenvalue weighted by Gasteiger charge is 2.32. The number of aryl methyl sites for hydroxylation is 1. The average molecular weight is 237 g/mol. The van der Waals surface area contributed by atoms with Crippen molar-refractivity contribution < 1.29 is 4.79 Å². The number of carbonyl (C=O) groups is 1. The molecule has 16 heavy (non-hydrogen) atoms. The van der Waals surface area contributed by atoms with E-state index in [1.807, 2.05) is 26.0 Å². The largest absolute Gasteiger partial charge is 0.303 e. The van der Waals surface area contributed by atoms with Crippen molar-refractivity contribution in [2.24, 2.45) is 11.3 Å². The molecule has 1 aromatic carbocycles. The zero-order valence-electron chi connectivity index (χ0n) is 9.79. The molecule has 0 aliphatic heterocycles. The summed E-state index contributed by atoms with van der Waals surface area (Å²) in [4.78, 5) is 11.1. The molecule has 2 rings (SSSR count). The number of hydrogen-bond acceptors (Lipinski definition) is 1. The van der Waals surface area contributed by atoms with Gasteiger partial charge in [-0.3, -0.25) is 0 Å². The van der Waals surface area contributed by atoms with E-state index in [2.05, 4.69) is 6.07 Å². The fraction of sp³-hybridized carbons (Fsp3) is 0.500. The fourth-order valence-corrected chi connectivity index (χ4v) is 2.65. The lowest BCUT2D eigenvalue weighted by molar-refractivity contribution is -0.117. The van der Waals surface area contributed by atoms with Crippen LogP contribution in [0.1, 0.15) is 31.4 Å². The molecule has 0 saturated carbocycles. The van der Waals surface area contributed by atoms with Gasteiger partial charge in [-0.15, -0.1) is 0 Å². The first-order valence-corrected chi connectivity index (χ1v) is 6.14. The standard InChI is InChI=1S/C14H17ClO/c1-14(2,9-16)12-5-3-10-4-6-13(15)8-11(10)7-12/h4,6,8-9,12H,3,5,7H2,1-2H3. The van der Waals surface area contributed by atoms with Crippen molar-refractivity contribution in [2.45, 2.75) is 33.1 Å². The van der Waals surface area contributed by atoms with Crippen molar-refractivity contribution in [3.05, 3.63) is 34.3 Å². The molecule has 1 aliphatic carbocycles. The van der Waals surface area contributed by atoms with Gasteiger partial charge in [0.1, 0.15) is 6.29 Å². The molecule has 1 nitrogen and oxygen atoms in total. The van der Waals surface area contributed by atoms with Gasteiger partial charge in [0.25, 0.3) is 0 Å². The average Bonchev–Trinajstić information content (AvgIpc) is 2.28. The van der Waals surface area contributed by atoms with E-state index in [0.717, 1.165) is 30.6 Å². The van der Waals surface area contributed by atoms with Gasteiger partial charge in [-0.25, -0.2) is 0 Å². The maximum Gasteiger partial charge on any atom is 0.125 e. The Balaban J connectivity index is 2.26. The first-order chi connectivity index (χ1) is 7.53. The molecule has 1 atom stereocenters. The minimum absolute atomic E-state index is 0.222. The van der Waals surface area contributed by atoms with Crippen molar-refractivity contribution in [1.29, 1.82) is 0 Å². The smallest absolute Gasteiger partial charge is 0.125 e. The predicted molar refractivity (Wildman–Crippen MR) is 66.8 cm³/mol. The molecule has 1 aromatic rings. The molecule has 86 valence electrons. The van der Waals surface area contributed by atoms with Gasteiger partial charge in [-0.1, -0.05) is 31.5 Å². The second-order valence-corrected chi connectivity index (χ2v) is 5.73. The summed E-state index contributed by atoms with van der Waals surface area (Å²) < 4.78 is 0. The van der Waals surface area contributed by atoms with Crippen LogP contribution in [0, 0.1) is 11.3 Å². The Bertz CT molecular complexity index is 409. The van der Waals surface area contributed by atoms with Crippen LogP contribution in [-0.4, -0.2) is 6.29 Å². The van der Waals surface area contributed by atoms with Crippen LogP contribution in [-0.2, 0) is 17.6 Å². The molecule has 1 aliphatic rings. The van der Waals surface area contributed by atoms with Gasteiger partial charge in [0.05, 0.1) is 0 Å². The highest BCUT2D eigenvalue weighted by molar-refractivity contribution is 6.30. The molecule has 0 N–H and O–H groups in total. The lowest BCUT2D eigenvalue weighted by Crippen LogP contribution is -2.30. The first kappa shape index (κ1) is 11.7. The van der Waals surface area contributed by atoms with Crippen molar-refractivity contribution in [2.75, 3.05) is 0 Å². The van der Waals surface area contributed by atoms with Crippen LogP contribution >= 0.6 is 11.6 Å². The van der Waals surface area contributed by atoms with E-state index in [9.17, 15) is 4.79 Å². The Morgan fingerprint density at radius 2 is 2.12 bits per heavy atom. The third-order valence-corrected chi connectivity index (χ3v) is 3.99. The summed E-state index contributed by atoms with van der Waals surface area (Å²) in [5, 5.41) is 0.795. The van der Waals surface area contributed by atoms with Crippen LogP contribution in [0.25, 0.3) is 0 Å². The zero-order valence-corrected chi connectivity index (χ0v) is 10.6. The van der Waals surface area contributed by atoms with E-state index in [4.69, 9.17) is 11.6 Å². The Kier molecular flexibility index (Phi) is 3.07. The summed E-state index contributed by atoms with van der Waals surface area (Å²) in [5.74, 6) is 0.441. The van der Waals surface area contributed by atoms with Crippen LogP contribution in [0.15, 0.2) is 18.2 Å². The topological polar surface area (TPSA) is 17.1 Å². The summed E-state index contributed by atoms with van der Waals surface area (Å²) in [5.41, 5.74) is 2.49. The number of halogens is 1. The van der Waals surface area contributed by atoms with E-state index in [-0.39, 0.29) is 5.41 Å². The van der Waals surface area contributed by atoms with Gasteiger partial charge >= 0.3 is 0 Å². The van der Waals surface area contributed by atoms with Crippen LogP contribution in [0.3, 0.4) is 0 Å². The van der Waals surface area contributed by atoms with Crippen LogP contribution in [0.5, 0.6) is 0 Å². The molecule has 0 amide bonds. The fourth-order valence-electron chi connectivity index (χ4n) is 2.46. The maximum atomic E-state index is 11.1. The van der Waals surface area contributed by atoms with Crippen molar-refractivity contribution in [1.82, 2.24) is 0 Å². The van der Waals surface area contributed by atoms with Gasteiger partial charge in [-0.05, 0) is 48.4 Å². The molecular weight excluding hydrogens is 220 g/mol. The van der Waals surface area contributed by atoms with Crippen LogP contribution < -0.4 is 0 Å². The quantitative estimate of drug-likeness (QED) is 0.716. The van der Waals surface area contributed by atoms with E-state index >= 15 is 0 Å². The zero-order chi connectivity index (χ0) is 11.8. The Hall–Kier alpha value is -0.820. The SMILES string of the molecule is CC(C)(C=O)C1CCc2ccc(Cl)cc2C1. The highest BCUT2D eigenvalue weighted by Crippen LogP contribution is 2.36. The number of rotatable bonds is 2. The maximum absolute atomic E-state index is 11.1. The Labute approximate surface area is 102 Å². The van der Waals surface area contributed by atoms with E-state index < -0.39 is 0 Å². The van der Waals surface area contributed by atoms with Gasteiger partial charge in [0.15, 0.2) is 0 Å². The molecule has 0 saturated heterocycles. The molecule has 2 heteroatoms. The first-order valence-electron chi connectivity index (χ1n) is 5.76. The summed E-state index contributed by atoms with van der Waals surface area (Å²) in [7, 11) is 0. The monoisotopic (exact) mass is 236 g/mol. The normalized spacial score (nSPS) is 20.3. The number of aldehydes is 1. The second kappa shape index (κ2) is 4.21. The molecule has 0 aromatic heterocycles. The third kappa shape index (κ3) is 2.15. The number of carbonyl (C=O) groups excluding carboxylic acids is 1. The van der Waals surface area contributed by atoms with Crippen molar-refractivity contribution >= 4 is 17.9 Å². The van der Waals surface area contributed by atoms with Crippen molar-refractivity contribution in [3.8, 4) is 0 Å². The van der Waals surface area contributed by atoms with Crippen LogP contribution in [0.2, 0.25) is 5.02 Å². The summed E-state index contributed by atoms with van der Waals surface area (Å²) >= 11 is 6.00. The molecular formula is C14H17ClO. The molecule has 0 spiro atoms. The Morgan fingerprint density at radius 3 is 2.81 bits per heavy atom. The lowest BCUT2D eigenvalue weighted by Gasteiger charge is -2.33. The van der Waals surface area contributed by atoms with Gasteiger partial charge < -0.3 is 4.79 Å². The lowest BCUT2D eigenvalue weighted by atomic mass is 9.70. The Morgan fingerprint density at radius 1 is 1.38 bits per heavy atom. The second-order valence-electron chi connectivity index (χ2n) is 5.29. The third-order valence-electron chi connectivity index (χ3n) is 3.75. The van der Waals surface area contributed by atoms with Crippen molar-refractivity contribution in [3.63, 3.8) is 0 Å².